The summed E-state index contributed by atoms with van der Waals surface area (Å²) in [5.41, 5.74) is 0. The quantitative estimate of drug-likeness (QED) is 0.0178. The average molecular weight is 837 g/mol. The van der Waals surface area contributed by atoms with Crippen molar-refractivity contribution >= 4 is 19.8 Å². The maximum atomic E-state index is 12.6. The fourth-order valence-corrected chi connectivity index (χ4v) is 6.48. The van der Waals surface area contributed by atoms with E-state index < -0.39 is 51.8 Å². The van der Waals surface area contributed by atoms with Gasteiger partial charge in [0.05, 0.1) is 32.0 Å². The van der Waals surface area contributed by atoms with E-state index in [4.69, 9.17) is 23.8 Å². The van der Waals surface area contributed by atoms with E-state index in [-0.39, 0.29) is 31.7 Å². The van der Waals surface area contributed by atoms with Gasteiger partial charge in [-0.15, -0.1) is 0 Å². The maximum absolute atomic E-state index is 12.6. The number of ether oxygens (including phenoxy) is 3. The zero-order chi connectivity index (χ0) is 42.4. The van der Waals surface area contributed by atoms with Gasteiger partial charge in [-0.3, -0.25) is 18.6 Å². The zero-order valence-corrected chi connectivity index (χ0v) is 36.6. The minimum Gasteiger partial charge on any atom is -0.462 e. The van der Waals surface area contributed by atoms with Gasteiger partial charge in [-0.1, -0.05) is 132 Å². The molecule has 0 aliphatic carbocycles. The maximum Gasteiger partial charge on any atom is 0.472 e. The summed E-state index contributed by atoms with van der Waals surface area (Å²) in [6.45, 7) is 2.19. The Labute approximate surface area is 350 Å². The van der Waals surface area contributed by atoms with Crippen LogP contribution in [0.4, 0.5) is 0 Å². The Hall–Kier alpha value is -2.63. The molecule has 0 spiro atoms. The van der Waals surface area contributed by atoms with E-state index in [0.717, 1.165) is 44.9 Å². The van der Waals surface area contributed by atoms with Crippen LogP contribution in [-0.4, -0.2) is 77.9 Å². The summed E-state index contributed by atoms with van der Waals surface area (Å²) in [6.07, 6.45) is 44.8. The highest BCUT2D eigenvalue weighted by Crippen LogP contribution is 2.43. The number of aliphatic hydroxyl groups excluding tert-OH is 2. The molecule has 5 atom stereocenters. The molecule has 1 fully saturated rings. The van der Waals surface area contributed by atoms with Gasteiger partial charge in [-0.05, 0) is 83.5 Å². The lowest BCUT2D eigenvalue weighted by molar-refractivity contribution is -0.161. The largest absolute Gasteiger partial charge is 0.472 e. The van der Waals surface area contributed by atoms with Crippen molar-refractivity contribution in [3.05, 3.63) is 72.9 Å². The van der Waals surface area contributed by atoms with Gasteiger partial charge in [0, 0.05) is 12.8 Å². The Balaban J connectivity index is 2.34. The van der Waals surface area contributed by atoms with Crippen LogP contribution >= 0.6 is 7.82 Å². The van der Waals surface area contributed by atoms with Crippen molar-refractivity contribution < 1.29 is 52.5 Å². The van der Waals surface area contributed by atoms with Crippen molar-refractivity contribution in [2.45, 2.75) is 180 Å². The highest BCUT2D eigenvalue weighted by molar-refractivity contribution is 7.47. The number of hydrogen-bond acceptors (Lipinski definition) is 10. The van der Waals surface area contributed by atoms with Crippen molar-refractivity contribution in [1.82, 2.24) is 0 Å². The Morgan fingerprint density at radius 2 is 1.05 bits per heavy atom. The molecule has 0 aromatic heterocycles. The summed E-state index contributed by atoms with van der Waals surface area (Å²) in [7, 11) is -4.65. The van der Waals surface area contributed by atoms with E-state index >= 15 is 0 Å². The minimum absolute atomic E-state index is 0.0938. The fourth-order valence-electron chi connectivity index (χ4n) is 5.69. The summed E-state index contributed by atoms with van der Waals surface area (Å²) in [5.74, 6) is -1.07. The summed E-state index contributed by atoms with van der Waals surface area (Å²) in [5, 5.41) is 18.3. The molecule has 12 heteroatoms. The third-order valence-corrected chi connectivity index (χ3v) is 10.2. The molecular formula is C46H77O11P. The number of carbonyl (C=O) groups excluding carboxylic acids is 2. The number of hydrogen-bond donors (Lipinski definition) is 3. The lowest BCUT2D eigenvalue weighted by atomic mass is 10.1. The Morgan fingerprint density at radius 1 is 0.603 bits per heavy atom. The first-order chi connectivity index (χ1) is 28.2. The summed E-state index contributed by atoms with van der Waals surface area (Å²) >= 11 is 0. The van der Waals surface area contributed by atoms with Crippen LogP contribution in [0.15, 0.2) is 72.9 Å². The Morgan fingerprint density at radius 3 is 1.66 bits per heavy atom. The SMILES string of the molecule is CCCCC/C=C\C/C=C\CC1OC1C/C=C\CCCC(=O)OC[C@H](COP(=O)(O)OC[C@@H](O)CO)OC(=O)CCC/C=C\C/C=C\C/C=C\CCCCCCCC. The molecule has 58 heavy (non-hydrogen) atoms. The molecule has 1 heterocycles. The first kappa shape index (κ1) is 53.4. The molecule has 1 aliphatic rings. The third kappa shape index (κ3) is 34.3. The molecule has 1 aliphatic heterocycles. The molecule has 0 amide bonds. The number of rotatable bonds is 39. The molecule has 0 saturated carbocycles. The van der Waals surface area contributed by atoms with Gasteiger partial charge >= 0.3 is 19.8 Å². The second-order valence-electron chi connectivity index (χ2n) is 14.7. The number of allylic oxidation sites excluding steroid dienone is 10. The number of phosphoric ester groups is 1. The minimum atomic E-state index is -4.65. The second-order valence-corrected chi connectivity index (χ2v) is 16.2. The monoisotopic (exact) mass is 837 g/mol. The van der Waals surface area contributed by atoms with Gasteiger partial charge < -0.3 is 29.3 Å². The smallest absolute Gasteiger partial charge is 0.462 e. The lowest BCUT2D eigenvalue weighted by Crippen LogP contribution is -2.29. The van der Waals surface area contributed by atoms with Crippen LogP contribution in [0.1, 0.15) is 155 Å². The van der Waals surface area contributed by atoms with E-state index in [1.165, 1.54) is 57.8 Å². The molecule has 0 radical (unpaired) electrons. The van der Waals surface area contributed by atoms with E-state index in [2.05, 4.69) is 73.1 Å². The van der Waals surface area contributed by atoms with Crippen molar-refractivity contribution in [2.24, 2.45) is 0 Å². The van der Waals surface area contributed by atoms with Crippen LogP contribution in [0.5, 0.6) is 0 Å². The van der Waals surface area contributed by atoms with Crippen molar-refractivity contribution in [2.75, 3.05) is 26.4 Å². The molecule has 3 unspecified atom stereocenters. The predicted octanol–water partition coefficient (Wildman–Crippen LogP) is 10.7. The highest BCUT2D eigenvalue weighted by atomic mass is 31.2. The van der Waals surface area contributed by atoms with Crippen LogP contribution in [0, 0.1) is 0 Å². The normalized spacial score (nSPS) is 18.0. The molecule has 11 nitrogen and oxygen atoms in total. The van der Waals surface area contributed by atoms with Gasteiger partial charge in [0.25, 0.3) is 0 Å². The summed E-state index contributed by atoms with van der Waals surface area (Å²) < 4.78 is 38.4. The molecule has 1 saturated heterocycles. The Kier molecular flexibility index (Phi) is 34.4. The number of unbranched alkanes of at least 4 members (excludes halogenated alkanes) is 11. The van der Waals surface area contributed by atoms with Crippen LogP contribution in [0.25, 0.3) is 0 Å². The van der Waals surface area contributed by atoms with Gasteiger partial charge in [0.15, 0.2) is 6.10 Å². The zero-order valence-electron chi connectivity index (χ0n) is 35.7. The molecule has 0 bridgehead atoms. The highest BCUT2D eigenvalue weighted by Gasteiger charge is 2.36. The average Bonchev–Trinajstić information content (AvgIpc) is 3.97. The fraction of sp³-hybridized carbons (Fsp3) is 0.696. The van der Waals surface area contributed by atoms with E-state index in [1.54, 1.807) is 0 Å². The van der Waals surface area contributed by atoms with Gasteiger partial charge in [0.1, 0.15) is 12.7 Å². The summed E-state index contributed by atoms with van der Waals surface area (Å²) in [6, 6.07) is 0. The molecule has 0 aromatic rings. The van der Waals surface area contributed by atoms with Crippen LogP contribution in [0.3, 0.4) is 0 Å². The molecule has 332 valence electrons. The Bertz CT molecular complexity index is 1260. The standard InChI is InChI=1S/C46H77O11P/c1-3-5-7-9-11-13-14-15-16-17-18-19-20-22-24-26-32-36-46(50)56-42(40-55-58(51,52)54-38-41(48)37-47)39-53-45(49)35-31-28-27-30-34-44-43(57-44)33-29-25-23-21-12-10-8-6-4-2/h12,15-16,18-19,21-22,24-25,27,29-30,41-44,47-48H,3-11,13-14,17,20,23,26,28,31-40H2,1-2H3,(H,51,52)/b16-15-,19-18-,21-12-,24-22-,29-25-,30-27-/t41-,42+,43?,44?/m0/s1. The molecule has 3 N–H and O–H groups in total. The number of carbonyl (C=O) groups is 2. The van der Waals surface area contributed by atoms with E-state index in [9.17, 15) is 24.2 Å². The summed E-state index contributed by atoms with van der Waals surface area (Å²) in [4.78, 5) is 35.0. The predicted molar refractivity (Wildman–Crippen MR) is 232 cm³/mol. The molecule has 0 aromatic carbocycles. The van der Waals surface area contributed by atoms with Crippen molar-refractivity contribution in [1.29, 1.82) is 0 Å². The first-order valence-corrected chi connectivity index (χ1v) is 23.5. The van der Waals surface area contributed by atoms with E-state index in [0.29, 0.717) is 25.7 Å². The number of epoxide rings is 1. The van der Waals surface area contributed by atoms with Crippen LogP contribution in [0.2, 0.25) is 0 Å². The third-order valence-electron chi connectivity index (χ3n) is 9.24. The molecular weight excluding hydrogens is 759 g/mol. The van der Waals surface area contributed by atoms with Gasteiger partial charge in [-0.2, -0.15) is 0 Å². The number of aliphatic hydroxyl groups is 2. The van der Waals surface area contributed by atoms with E-state index in [1.807, 2.05) is 18.2 Å². The first-order valence-electron chi connectivity index (χ1n) is 22.0. The van der Waals surface area contributed by atoms with Crippen molar-refractivity contribution in [3.63, 3.8) is 0 Å². The lowest BCUT2D eigenvalue weighted by Gasteiger charge is -2.20. The van der Waals surface area contributed by atoms with Crippen LogP contribution in [-0.2, 0) is 37.4 Å². The van der Waals surface area contributed by atoms with Crippen LogP contribution < -0.4 is 0 Å². The van der Waals surface area contributed by atoms with Crippen molar-refractivity contribution in [3.8, 4) is 0 Å². The second kappa shape index (κ2) is 37.4. The molecule has 1 rings (SSSR count). The number of esters is 2. The van der Waals surface area contributed by atoms with Gasteiger partial charge in [0.2, 0.25) is 0 Å². The topological polar surface area (TPSA) is 161 Å². The van der Waals surface area contributed by atoms with Gasteiger partial charge in [-0.25, -0.2) is 4.57 Å². The number of phosphoric acid groups is 1.